The first-order valence-electron chi connectivity index (χ1n) is 6.93. The van der Waals surface area contributed by atoms with Crippen LogP contribution in [0, 0.1) is 0 Å². The van der Waals surface area contributed by atoms with Crippen LogP contribution in [0.1, 0.15) is 28.8 Å². The van der Waals surface area contributed by atoms with Gasteiger partial charge in [-0.3, -0.25) is 9.69 Å². The molecule has 21 heavy (non-hydrogen) atoms. The first-order valence-corrected chi connectivity index (χ1v) is 6.93. The molecule has 0 radical (unpaired) electrons. The highest BCUT2D eigenvalue weighted by Crippen LogP contribution is 2.27. The van der Waals surface area contributed by atoms with Gasteiger partial charge < -0.3 is 10.5 Å². The van der Waals surface area contributed by atoms with Crippen molar-refractivity contribution in [1.29, 1.82) is 0 Å². The predicted octanol–water partition coefficient (Wildman–Crippen LogP) is 1.68. The van der Waals surface area contributed by atoms with Crippen molar-refractivity contribution in [2.75, 3.05) is 20.2 Å². The first kappa shape index (κ1) is 15.6. The SMILES string of the molecule is CN(Cc1cc(OC/C(=C/F)CN)ncc1C=O)C1CC1. The summed E-state index contributed by atoms with van der Waals surface area (Å²) in [7, 11) is 2.03. The van der Waals surface area contributed by atoms with Crippen molar-refractivity contribution in [3.05, 3.63) is 35.3 Å². The van der Waals surface area contributed by atoms with Gasteiger partial charge in [0.1, 0.15) is 6.61 Å². The maximum atomic E-state index is 12.4. The summed E-state index contributed by atoms with van der Waals surface area (Å²) < 4.78 is 17.8. The average molecular weight is 293 g/mol. The number of aromatic nitrogens is 1. The van der Waals surface area contributed by atoms with Crippen LogP contribution in [-0.4, -0.2) is 42.4 Å². The minimum atomic E-state index is 0.0539. The molecular formula is C15H20FN3O2. The molecule has 0 aliphatic heterocycles. The minimum absolute atomic E-state index is 0.0539. The van der Waals surface area contributed by atoms with E-state index in [0.717, 1.165) is 11.8 Å². The third-order valence-corrected chi connectivity index (χ3v) is 3.54. The topological polar surface area (TPSA) is 68.5 Å². The highest BCUT2D eigenvalue weighted by atomic mass is 19.1. The Morgan fingerprint density at radius 1 is 1.62 bits per heavy atom. The lowest BCUT2D eigenvalue weighted by molar-refractivity contribution is 0.112. The van der Waals surface area contributed by atoms with Crippen LogP contribution < -0.4 is 10.5 Å². The number of ether oxygens (including phenoxy) is 1. The second kappa shape index (κ2) is 7.28. The van der Waals surface area contributed by atoms with Crippen molar-refractivity contribution >= 4 is 6.29 Å². The molecule has 1 fully saturated rings. The van der Waals surface area contributed by atoms with Crippen LogP contribution in [0.15, 0.2) is 24.2 Å². The highest BCUT2D eigenvalue weighted by Gasteiger charge is 2.26. The van der Waals surface area contributed by atoms with Gasteiger partial charge in [0.2, 0.25) is 5.88 Å². The molecule has 5 nitrogen and oxygen atoms in total. The van der Waals surface area contributed by atoms with Crippen LogP contribution in [0.25, 0.3) is 0 Å². The van der Waals surface area contributed by atoms with Crippen molar-refractivity contribution in [2.24, 2.45) is 5.73 Å². The maximum absolute atomic E-state index is 12.4. The van der Waals surface area contributed by atoms with Gasteiger partial charge in [0.25, 0.3) is 0 Å². The van der Waals surface area contributed by atoms with E-state index in [1.165, 1.54) is 19.0 Å². The number of hydrogen-bond acceptors (Lipinski definition) is 5. The molecule has 0 saturated heterocycles. The van der Waals surface area contributed by atoms with Gasteiger partial charge in [-0.1, -0.05) is 0 Å². The van der Waals surface area contributed by atoms with Crippen molar-refractivity contribution in [3.8, 4) is 5.88 Å². The molecule has 1 saturated carbocycles. The molecule has 1 aromatic rings. The fourth-order valence-electron chi connectivity index (χ4n) is 2.02. The second-order valence-electron chi connectivity index (χ2n) is 5.25. The van der Waals surface area contributed by atoms with Crippen molar-refractivity contribution < 1.29 is 13.9 Å². The molecule has 0 spiro atoms. The molecule has 0 unspecified atom stereocenters. The summed E-state index contributed by atoms with van der Waals surface area (Å²) >= 11 is 0. The molecule has 1 aromatic heterocycles. The normalized spacial score (nSPS) is 15.3. The van der Waals surface area contributed by atoms with Crippen molar-refractivity contribution in [1.82, 2.24) is 9.88 Å². The average Bonchev–Trinajstić information content (AvgIpc) is 3.33. The van der Waals surface area contributed by atoms with Gasteiger partial charge in [-0.15, -0.1) is 0 Å². The smallest absolute Gasteiger partial charge is 0.213 e. The lowest BCUT2D eigenvalue weighted by atomic mass is 10.1. The number of carbonyl (C=O) groups excluding carboxylic acids is 1. The van der Waals surface area contributed by atoms with Gasteiger partial charge in [-0.05, 0) is 25.5 Å². The van der Waals surface area contributed by atoms with E-state index < -0.39 is 0 Å². The Hall–Kier alpha value is -1.79. The Morgan fingerprint density at radius 2 is 2.38 bits per heavy atom. The number of halogens is 1. The molecular weight excluding hydrogens is 273 g/mol. The number of hydrogen-bond donors (Lipinski definition) is 1. The zero-order valence-electron chi connectivity index (χ0n) is 12.1. The molecule has 0 bridgehead atoms. The summed E-state index contributed by atoms with van der Waals surface area (Å²) in [6.07, 6.45) is 5.12. The molecule has 2 N–H and O–H groups in total. The zero-order valence-corrected chi connectivity index (χ0v) is 12.1. The van der Waals surface area contributed by atoms with Crippen molar-refractivity contribution in [2.45, 2.75) is 25.4 Å². The summed E-state index contributed by atoms with van der Waals surface area (Å²) in [4.78, 5) is 17.4. The van der Waals surface area contributed by atoms with Gasteiger partial charge in [-0.25, -0.2) is 9.37 Å². The van der Waals surface area contributed by atoms with E-state index in [-0.39, 0.29) is 13.2 Å². The Bertz CT molecular complexity index is 530. The highest BCUT2D eigenvalue weighted by molar-refractivity contribution is 5.76. The number of pyridine rings is 1. The summed E-state index contributed by atoms with van der Waals surface area (Å²) in [6, 6.07) is 2.33. The van der Waals surface area contributed by atoms with Crippen LogP contribution >= 0.6 is 0 Å². The molecule has 1 aliphatic rings. The predicted molar refractivity (Wildman–Crippen MR) is 77.9 cm³/mol. The summed E-state index contributed by atoms with van der Waals surface area (Å²) in [5, 5.41) is 0. The standard InChI is InChI=1S/C15H20FN3O2/c1-19(14-2-3-14)8-12-4-15(18-7-13(12)9-20)21-10-11(5-16)6-17/h4-5,7,9,14H,2-3,6,8,10,17H2,1H3/b11-5+. The van der Waals surface area contributed by atoms with Crippen molar-refractivity contribution in [3.63, 3.8) is 0 Å². The number of nitrogens with zero attached hydrogens (tertiary/aromatic N) is 2. The Labute approximate surface area is 123 Å². The summed E-state index contributed by atoms with van der Waals surface area (Å²) in [6.45, 7) is 0.818. The van der Waals surface area contributed by atoms with Crippen LogP contribution in [0.2, 0.25) is 0 Å². The number of carbonyl (C=O) groups is 1. The third kappa shape index (κ3) is 4.34. The molecule has 6 heteroatoms. The molecule has 0 amide bonds. The van der Waals surface area contributed by atoms with E-state index in [1.54, 1.807) is 6.07 Å². The van der Waals surface area contributed by atoms with Crippen LogP contribution in [0.3, 0.4) is 0 Å². The monoisotopic (exact) mass is 293 g/mol. The summed E-state index contributed by atoms with van der Waals surface area (Å²) in [5.74, 6) is 0.368. The van der Waals surface area contributed by atoms with E-state index in [2.05, 4.69) is 9.88 Å². The molecule has 0 aromatic carbocycles. The molecule has 114 valence electrons. The fraction of sp³-hybridized carbons (Fsp3) is 0.467. The Kier molecular flexibility index (Phi) is 5.41. The number of nitrogens with two attached hydrogens (primary N) is 1. The van der Waals surface area contributed by atoms with E-state index in [9.17, 15) is 9.18 Å². The molecule has 1 heterocycles. The summed E-state index contributed by atoms with van der Waals surface area (Å²) in [5.41, 5.74) is 7.14. The van der Waals surface area contributed by atoms with Crippen LogP contribution in [-0.2, 0) is 6.54 Å². The quantitative estimate of drug-likeness (QED) is 0.739. The largest absolute Gasteiger partial charge is 0.473 e. The van der Waals surface area contributed by atoms with Gasteiger partial charge in [-0.2, -0.15) is 0 Å². The lowest BCUT2D eigenvalue weighted by Crippen LogP contribution is -2.21. The fourth-order valence-corrected chi connectivity index (χ4v) is 2.02. The van der Waals surface area contributed by atoms with Gasteiger partial charge >= 0.3 is 0 Å². The van der Waals surface area contributed by atoms with Gasteiger partial charge in [0.05, 0.1) is 6.33 Å². The van der Waals surface area contributed by atoms with Gasteiger partial charge in [0, 0.05) is 42.5 Å². The van der Waals surface area contributed by atoms with E-state index in [0.29, 0.717) is 35.9 Å². The van der Waals surface area contributed by atoms with E-state index in [1.807, 2.05) is 7.05 Å². The first-order chi connectivity index (χ1) is 10.2. The van der Waals surface area contributed by atoms with Crippen LogP contribution in [0.5, 0.6) is 5.88 Å². The minimum Gasteiger partial charge on any atom is -0.473 e. The van der Waals surface area contributed by atoms with E-state index >= 15 is 0 Å². The van der Waals surface area contributed by atoms with E-state index in [4.69, 9.17) is 10.5 Å². The van der Waals surface area contributed by atoms with Crippen LogP contribution in [0.4, 0.5) is 4.39 Å². The second-order valence-corrected chi connectivity index (χ2v) is 5.25. The molecule has 1 aliphatic carbocycles. The maximum Gasteiger partial charge on any atom is 0.213 e. The molecule has 0 atom stereocenters. The molecule has 2 rings (SSSR count). The Balaban J connectivity index is 2.07. The number of aldehydes is 1. The number of rotatable bonds is 8. The third-order valence-electron chi connectivity index (χ3n) is 3.54. The zero-order chi connectivity index (χ0) is 15.2. The lowest BCUT2D eigenvalue weighted by Gasteiger charge is -2.17. The Morgan fingerprint density at radius 3 is 2.95 bits per heavy atom. The van der Waals surface area contributed by atoms with Gasteiger partial charge in [0.15, 0.2) is 6.29 Å².